The van der Waals surface area contributed by atoms with Crippen LogP contribution in [0, 0.1) is 13.8 Å². The second-order valence-corrected chi connectivity index (χ2v) is 12.6. The van der Waals surface area contributed by atoms with Crippen molar-refractivity contribution >= 4 is 28.7 Å². The number of urea groups is 1. The lowest BCUT2D eigenvalue weighted by Gasteiger charge is -2.37. The van der Waals surface area contributed by atoms with Crippen LogP contribution in [0.1, 0.15) is 48.6 Å². The summed E-state index contributed by atoms with van der Waals surface area (Å²) in [5, 5.41) is 16.9. The van der Waals surface area contributed by atoms with Crippen molar-refractivity contribution < 1.29 is 29.0 Å². The van der Waals surface area contributed by atoms with Gasteiger partial charge in [-0.2, -0.15) is 0 Å². The molecule has 0 bridgehead atoms. The summed E-state index contributed by atoms with van der Waals surface area (Å²) in [5.74, 6) is -0.740. The Balaban J connectivity index is 1.71. The van der Waals surface area contributed by atoms with Crippen molar-refractivity contribution in [3.63, 3.8) is 0 Å². The third-order valence-electron chi connectivity index (χ3n) is 8.82. The Kier molecular flexibility index (Phi) is 13.9. The summed E-state index contributed by atoms with van der Waals surface area (Å²) in [6, 6.07) is 19.9. The molecule has 3 aromatic carbocycles. The molecule has 4 rings (SSSR count). The number of para-hydroxylation sites is 1. The van der Waals surface area contributed by atoms with Gasteiger partial charge in [0.25, 0.3) is 0 Å². The zero-order chi connectivity index (χ0) is 37.1. The zero-order valence-corrected chi connectivity index (χ0v) is 30.3. The molecule has 0 aliphatic carbocycles. The van der Waals surface area contributed by atoms with Gasteiger partial charge in [0.05, 0.1) is 24.6 Å². The maximum absolute atomic E-state index is 15.0. The fourth-order valence-corrected chi connectivity index (χ4v) is 6.26. The molecule has 4 aromatic rings. The first-order valence-electron chi connectivity index (χ1n) is 17.2. The highest BCUT2D eigenvalue weighted by Crippen LogP contribution is 2.25. The smallest absolute Gasteiger partial charge is 0.329 e. The van der Waals surface area contributed by atoms with Gasteiger partial charge in [0.2, 0.25) is 11.8 Å². The highest BCUT2D eigenvalue weighted by Gasteiger charge is 2.35. The number of nitrogens with zero attached hydrogens (tertiary/aromatic N) is 4. The molecule has 4 N–H and O–H groups in total. The summed E-state index contributed by atoms with van der Waals surface area (Å²) in [5.41, 5.74) is 10.5. The first-order chi connectivity index (χ1) is 24.4. The number of aryl methyl sites for hydroxylation is 2. The normalized spacial score (nSPS) is 12.5. The van der Waals surface area contributed by atoms with Crippen molar-refractivity contribution in [2.75, 3.05) is 26.8 Å². The van der Waals surface area contributed by atoms with Gasteiger partial charge in [-0.3, -0.25) is 19.6 Å². The number of pyridine rings is 1. The highest BCUT2D eigenvalue weighted by molar-refractivity contribution is 5.89. The van der Waals surface area contributed by atoms with E-state index in [2.05, 4.69) is 10.3 Å². The lowest BCUT2D eigenvalue weighted by molar-refractivity contribution is -0.179. The number of phenols is 1. The molecule has 0 fully saturated rings. The number of hydrazine groups is 1. The molecular formula is C39H50N6O6. The molecule has 272 valence electrons. The Morgan fingerprint density at radius 1 is 0.922 bits per heavy atom. The minimum Gasteiger partial charge on any atom is -0.508 e. The minimum atomic E-state index is -1.04. The van der Waals surface area contributed by atoms with Crippen LogP contribution in [0.4, 0.5) is 4.79 Å². The number of aromatic hydroxyl groups is 1. The summed E-state index contributed by atoms with van der Waals surface area (Å²) in [4.78, 5) is 47.5. The fourth-order valence-electron chi connectivity index (χ4n) is 6.26. The molecule has 4 amide bonds. The van der Waals surface area contributed by atoms with Gasteiger partial charge >= 0.3 is 6.03 Å². The average molecular weight is 699 g/mol. The Morgan fingerprint density at radius 2 is 1.57 bits per heavy atom. The number of nitrogens with two attached hydrogens (primary N) is 1. The quantitative estimate of drug-likeness (QED) is 0.105. The zero-order valence-electron chi connectivity index (χ0n) is 30.3. The SMILES string of the molecule is CCOC(OCC)[C@H](C)N(Cc1cccc2cccnc12)C(=O)[C@H](Cc1c(C)cc(O)cc1C)NC(=O)CN(C)N(Cc1ccccc1)C(N)=O. The molecule has 2 atom stereocenters. The second kappa shape index (κ2) is 18.3. The van der Waals surface area contributed by atoms with E-state index in [1.807, 2.05) is 95.3 Å². The number of likely N-dealkylation sites (N-methyl/N-ethyl adjacent to an activating group) is 1. The number of phenolic OH excluding ortho intramolecular Hbond substituents is 1. The Labute approximate surface area is 300 Å². The number of amides is 4. The molecule has 0 saturated heterocycles. The van der Waals surface area contributed by atoms with Crippen LogP contribution >= 0.6 is 0 Å². The molecule has 12 nitrogen and oxygen atoms in total. The van der Waals surface area contributed by atoms with Crippen molar-refractivity contribution in [1.82, 2.24) is 25.2 Å². The maximum Gasteiger partial charge on any atom is 0.329 e. The first kappa shape index (κ1) is 38.8. The van der Waals surface area contributed by atoms with Crippen LogP contribution in [0.25, 0.3) is 10.9 Å². The van der Waals surface area contributed by atoms with Crippen LogP contribution in [-0.2, 0) is 38.6 Å². The fraction of sp³-hybridized carbons (Fsp3) is 0.385. The molecule has 0 aliphatic rings. The summed E-state index contributed by atoms with van der Waals surface area (Å²) in [7, 11) is 1.59. The number of carbonyl (C=O) groups is 3. The van der Waals surface area contributed by atoms with E-state index < -0.39 is 30.3 Å². The molecule has 1 heterocycles. The molecule has 0 saturated carbocycles. The van der Waals surface area contributed by atoms with Gasteiger partial charge in [-0.25, -0.2) is 9.80 Å². The number of carbonyl (C=O) groups excluding carboxylic acids is 3. The molecule has 12 heteroatoms. The number of rotatable bonds is 17. The number of nitrogens with one attached hydrogen (secondary N) is 1. The number of primary amides is 1. The van der Waals surface area contributed by atoms with E-state index in [1.165, 1.54) is 10.0 Å². The standard InChI is InChI=1S/C39H50N6O6/c1-7-50-38(51-8-2)28(5)44(24-31-17-12-16-30-18-13-19-41-36(30)31)37(48)34(22-33-26(3)20-32(46)21-27(33)4)42-35(47)25-43(6)45(39(40)49)23-29-14-10-9-11-15-29/h9-21,28,34,38,46H,7-8,22-25H2,1-6H3,(H2,40,49)(H,42,47)/t28-,34-/m0/s1. The number of aromatic nitrogens is 1. The van der Waals surface area contributed by atoms with Crippen molar-refractivity contribution in [1.29, 1.82) is 0 Å². The summed E-state index contributed by atoms with van der Waals surface area (Å²) >= 11 is 0. The van der Waals surface area contributed by atoms with Gasteiger partial charge in [-0.1, -0.05) is 54.6 Å². The van der Waals surface area contributed by atoms with Crippen LogP contribution < -0.4 is 11.1 Å². The van der Waals surface area contributed by atoms with Crippen LogP contribution in [0.15, 0.2) is 79.0 Å². The van der Waals surface area contributed by atoms with E-state index in [9.17, 15) is 19.5 Å². The molecule has 0 unspecified atom stereocenters. The van der Waals surface area contributed by atoms with E-state index >= 15 is 0 Å². The molecule has 51 heavy (non-hydrogen) atoms. The topological polar surface area (TPSA) is 151 Å². The Bertz CT molecular complexity index is 1750. The summed E-state index contributed by atoms with van der Waals surface area (Å²) in [6.07, 6.45) is 1.11. The van der Waals surface area contributed by atoms with Gasteiger partial charge < -0.3 is 30.5 Å². The highest BCUT2D eigenvalue weighted by atomic mass is 16.7. The lowest BCUT2D eigenvalue weighted by atomic mass is 9.94. The third kappa shape index (κ3) is 10.3. The van der Waals surface area contributed by atoms with Crippen molar-refractivity contribution in [2.45, 2.75) is 72.5 Å². The van der Waals surface area contributed by atoms with Crippen LogP contribution in [0.5, 0.6) is 5.75 Å². The van der Waals surface area contributed by atoms with Gasteiger partial charge in [0, 0.05) is 44.8 Å². The van der Waals surface area contributed by atoms with Gasteiger partial charge in [-0.05, 0) is 80.6 Å². The summed E-state index contributed by atoms with van der Waals surface area (Å²) in [6.45, 7) is 10.1. The molecule has 1 aromatic heterocycles. The molecule has 0 radical (unpaired) electrons. The average Bonchev–Trinajstić information content (AvgIpc) is 3.10. The largest absolute Gasteiger partial charge is 0.508 e. The van der Waals surface area contributed by atoms with Crippen molar-refractivity contribution in [2.24, 2.45) is 5.73 Å². The van der Waals surface area contributed by atoms with Gasteiger partial charge in [-0.15, -0.1) is 0 Å². The molecule has 0 aliphatic heterocycles. The number of ether oxygens (including phenoxy) is 2. The number of fused-ring (bicyclic) bond motifs is 1. The predicted octanol–water partition coefficient (Wildman–Crippen LogP) is 4.83. The number of hydrogen-bond acceptors (Lipinski definition) is 8. The predicted molar refractivity (Wildman–Crippen MR) is 196 cm³/mol. The monoisotopic (exact) mass is 698 g/mol. The summed E-state index contributed by atoms with van der Waals surface area (Å²) < 4.78 is 12.0. The minimum absolute atomic E-state index is 0.113. The van der Waals surface area contributed by atoms with E-state index in [0.717, 1.165) is 38.7 Å². The van der Waals surface area contributed by atoms with E-state index in [0.29, 0.717) is 13.2 Å². The number of hydrogen-bond donors (Lipinski definition) is 3. The van der Waals surface area contributed by atoms with E-state index in [1.54, 1.807) is 30.3 Å². The second-order valence-electron chi connectivity index (χ2n) is 12.6. The van der Waals surface area contributed by atoms with E-state index in [4.69, 9.17) is 15.2 Å². The Morgan fingerprint density at radius 3 is 2.20 bits per heavy atom. The van der Waals surface area contributed by atoms with Crippen LogP contribution in [-0.4, -0.2) is 88.0 Å². The van der Waals surface area contributed by atoms with Gasteiger partial charge in [0.15, 0.2) is 6.29 Å². The maximum atomic E-state index is 15.0. The van der Waals surface area contributed by atoms with Crippen LogP contribution in [0.2, 0.25) is 0 Å². The van der Waals surface area contributed by atoms with E-state index in [-0.39, 0.29) is 37.7 Å². The first-order valence-corrected chi connectivity index (χ1v) is 17.2. The number of benzene rings is 3. The van der Waals surface area contributed by atoms with Crippen molar-refractivity contribution in [3.8, 4) is 5.75 Å². The van der Waals surface area contributed by atoms with Crippen molar-refractivity contribution in [3.05, 3.63) is 107 Å². The van der Waals surface area contributed by atoms with Crippen LogP contribution in [0.3, 0.4) is 0 Å². The third-order valence-corrected chi connectivity index (χ3v) is 8.82. The molecular weight excluding hydrogens is 648 g/mol. The Hall–Kier alpha value is -5.04. The lowest BCUT2D eigenvalue weighted by Crippen LogP contribution is -2.57. The molecule has 0 spiro atoms. The van der Waals surface area contributed by atoms with Gasteiger partial charge in [0.1, 0.15) is 11.8 Å².